The minimum absolute atomic E-state index is 0.170. The van der Waals surface area contributed by atoms with Crippen molar-refractivity contribution in [2.75, 3.05) is 6.61 Å². The molecule has 0 heterocycles. The summed E-state index contributed by atoms with van der Waals surface area (Å²) >= 11 is 0. The van der Waals surface area contributed by atoms with Crippen LogP contribution in [-0.4, -0.2) is 11.7 Å². The zero-order valence-corrected chi connectivity index (χ0v) is 9.14. The van der Waals surface area contributed by atoms with Crippen LogP contribution in [0.2, 0.25) is 0 Å². The Hall–Kier alpha value is -0.560. The van der Waals surface area contributed by atoms with E-state index in [1.165, 1.54) is 24.0 Å². The first kappa shape index (κ1) is 12.4. The molecule has 0 aliphatic heterocycles. The van der Waals surface area contributed by atoms with Gasteiger partial charge in [-0.25, -0.2) is 0 Å². The Morgan fingerprint density at radius 3 is 2.23 bits per heavy atom. The SMILES string of the molecule is CCCC(C)=CCC/C(C)=C/CO. The molecular formula is C12H22O. The predicted molar refractivity (Wildman–Crippen MR) is 58.7 cm³/mol. The fourth-order valence-corrected chi connectivity index (χ4v) is 1.30. The molecule has 1 N–H and O–H groups in total. The quantitative estimate of drug-likeness (QED) is 0.624. The van der Waals surface area contributed by atoms with Gasteiger partial charge in [0.15, 0.2) is 0 Å². The van der Waals surface area contributed by atoms with Gasteiger partial charge in [0.1, 0.15) is 0 Å². The smallest absolute Gasteiger partial charge is 0.0614 e. The van der Waals surface area contributed by atoms with Crippen LogP contribution >= 0.6 is 0 Å². The molecule has 76 valence electrons. The van der Waals surface area contributed by atoms with Gasteiger partial charge in [-0.05, 0) is 33.1 Å². The lowest BCUT2D eigenvalue weighted by Crippen LogP contribution is -1.81. The van der Waals surface area contributed by atoms with Crippen LogP contribution in [0.1, 0.15) is 46.5 Å². The van der Waals surface area contributed by atoms with Gasteiger partial charge < -0.3 is 5.11 Å². The Bertz CT molecular complexity index is 178. The van der Waals surface area contributed by atoms with E-state index < -0.39 is 0 Å². The summed E-state index contributed by atoms with van der Waals surface area (Å²) in [7, 11) is 0. The van der Waals surface area contributed by atoms with Gasteiger partial charge in [-0.3, -0.25) is 0 Å². The van der Waals surface area contributed by atoms with Gasteiger partial charge in [-0.15, -0.1) is 0 Å². The fraction of sp³-hybridized carbons (Fsp3) is 0.667. The van der Waals surface area contributed by atoms with E-state index >= 15 is 0 Å². The van der Waals surface area contributed by atoms with E-state index in [4.69, 9.17) is 5.11 Å². The Morgan fingerprint density at radius 2 is 1.69 bits per heavy atom. The minimum Gasteiger partial charge on any atom is -0.392 e. The number of aliphatic hydroxyl groups excluding tert-OH is 1. The van der Waals surface area contributed by atoms with Gasteiger partial charge >= 0.3 is 0 Å². The van der Waals surface area contributed by atoms with Crippen molar-refractivity contribution in [2.45, 2.75) is 46.5 Å². The number of hydrogen-bond donors (Lipinski definition) is 1. The summed E-state index contributed by atoms with van der Waals surface area (Å²) in [6.45, 7) is 6.63. The van der Waals surface area contributed by atoms with E-state index in [1.54, 1.807) is 0 Å². The zero-order valence-electron chi connectivity index (χ0n) is 9.14. The van der Waals surface area contributed by atoms with Crippen molar-refractivity contribution < 1.29 is 5.11 Å². The molecule has 0 radical (unpaired) electrons. The number of hydrogen-bond acceptors (Lipinski definition) is 1. The van der Waals surface area contributed by atoms with Gasteiger partial charge in [0.05, 0.1) is 6.61 Å². The van der Waals surface area contributed by atoms with Crippen molar-refractivity contribution in [3.63, 3.8) is 0 Å². The molecule has 0 amide bonds. The van der Waals surface area contributed by atoms with Crippen molar-refractivity contribution in [1.82, 2.24) is 0 Å². The number of aliphatic hydroxyl groups is 1. The van der Waals surface area contributed by atoms with Crippen LogP contribution in [-0.2, 0) is 0 Å². The molecule has 0 aromatic carbocycles. The van der Waals surface area contributed by atoms with E-state index in [0.717, 1.165) is 12.8 Å². The molecule has 0 aromatic rings. The van der Waals surface area contributed by atoms with Gasteiger partial charge in [0.2, 0.25) is 0 Å². The Labute approximate surface area is 82.2 Å². The van der Waals surface area contributed by atoms with Crippen molar-refractivity contribution in [2.24, 2.45) is 0 Å². The molecule has 0 unspecified atom stereocenters. The number of rotatable bonds is 6. The van der Waals surface area contributed by atoms with Crippen LogP contribution in [0.15, 0.2) is 23.3 Å². The normalized spacial score (nSPS) is 13.5. The lowest BCUT2D eigenvalue weighted by atomic mass is 10.1. The summed E-state index contributed by atoms with van der Waals surface area (Å²) in [6.07, 6.45) is 8.80. The molecule has 0 aliphatic carbocycles. The third-order valence-electron chi connectivity index (χ3n) is 2.12. The van der Waals surface area contributed by atoms with Crippen molar-refractivity contribution >= 4 is 0 Å². The highest BCUT2D eigenvalue weighted by atomic mass is 16.2. The molecule has 0 atom stereocenters. The van der Waals surface area contributed by atoms with Gasteiger partial charge in [0, 0.05) is 0 Å². The van der Waals surface area contributed by atoms with E-state index in [0.29, 0.717) is 0 Å². The second-order valence-corrected chi connectivity index (χ2v) is 3.57. The topological polar surface area (TPSA) is 20.2 Å². The second-order valence-electron chi connectivity index (χ2n) is 3.57. The zero-order chi connectivity index (χ0) is 10.1. The highest BCUT2D eigenvalue weighted by Gasteiger charge is 1.89. The van der Waals surface area contributed by atoms with Crippen LogP contribution in [0.4, 0.5) is 0 Å². The van der Waals surface area contributed by atoms with Crippen LogP contribution < -0.4 is 0 Å². The third kappa shape index (κ3) is 7.79. The van der Waals surface area contributed by atoms with Crippen LogP contribution in [0.5, 0.6) is 0 Å². The standard InChI is InChI=1S/C12H22O/c1-4-6-11(2)7-5-8-12(3)9-10-13/h7,9,13H,4-6,8,10H2,1-3H3/b11-7?,12-9+. The molecule has 0 bridgehead atoms. The first-order valence-electron chi connectivity index (χ1n) is 5.12. The second kappa shape index (κ2) is 8.06. The summed E-state index contributed by atoms with van der Waals surface area (Å²) < 4.78 is 0. The largest absolute Gasteiger partial charge is 0.392 e. The molecule has 0 spiro atoms. The highest BCUT2D eigenvalue weighted by Crippen LogP contribution is 2.09. The Balaban J connectivity index is 3.65. The van der Waals surface area contributed by atoms with Crippen molar-refractivity contribution in [3.8, 4) is 0 Å². The monoisotopic (exact) mass is 182 g/mol. The first-order valence-corrected chi connectivity index (χ1v) is 5.12. The molecule has 0 fully saturated rings. The van der Waals surface area contributed by atoms with Gasteiger partial charge in [-0.2, -0.15) is 0 Å². The summed E-state index contributed by atoms with van der Waals surface area (Å²) in [4.78, 5) is 0. The first-order chi connectivity index (χ1) is 6.20. The Kier molecular flexibility index (Phi) is 7.71. The van der Waals surface area contributed by atoms with Crippen molar-refractivity contribution in [1.29, 1.82) is 0 Å². The van der Waals surface area contributed by atoms with Crippen LogP contribution in [0.3, 0.4) is 0 Å². The molecule has 0 rings (SSSR count). The third-order valence-corrected chi connectivity index (χ3v) is 2.12. The van der Waals surface area contributed by atoms with E-state index in [1.807, 2.05) is 6.08 Å². The average molecular weight is 182 g/mol. The van der Waals surface area contributed by atoms with Crippen LogP contribution in [0.25, 0.3) is 0 Å². The maximum absolute atomic E-state index is 8.64. The van der Waals surface area contributed by atoms with Gasteiger partial charge in [0.25, 0.3) is 0 Å². The maximum Gasteiger partial charge on any atom is 0.0614 e. The molecule has 0 saturated heterocycles. The Morgan fingerprint density at radius 1 is 1.08 bits per heavy atom. The predicted octanol–water partition coefficient (Wildman–Crippen LogP) is 3.45. The summed E-state index contributed by atoms with van der Waals surface area (Å²) in [5.41, 5.74) is 2.77. The van der Waals surface area contributed by atoms with E-state index in [9.17, 15) is 0 Å². The molecule has 0 saturated carbocycles. The number of allylic oxidation sites excluding steroid dienone is 3. The van der Waals surface area contributed by atoms with E-state index in [-0.39, 0.29) is 6.61 Å². The van der Waals surface area contributed by atoms with Crippen LogP contribution in [0, 0.1) is 0 Å². The average Bonchev–Trinajstić information content (AvgIpc) is 2.05. The summed E-state index contributed by atoms with van der Waals surface area (Å²) in [6, 6.07) is 0. The lowest BCUT2D eigenvalue weighted by Gasteiger charge is -1.99. The maximum atomic E-state index is 8.64. The van der Waals surface area contributed by atoms with E-state index in [2.05, 4.69) is 26.8 Å². The molecule has 0 aromatic heterocycles. The summed E-state index contributed by atoms with van der Waals surface area (Å²) in [5, 5.41) is 8.64. The molecule has 1 nitrogen and oxygen atoms in total. The molecular weight excluding hydrogens is 160 g/mol. The molecule has 0 aliphatic rings. The minimum atomic E-state index is 0.170. The van der Waals surface area contributed by atoms with Crippen molar-refractivity contribution in [3.05, 3.63) is 23.3 Å². The fourth-order valence-electron chi connectivity index (χ4n) is 1.30. The van der Waals surface area contributed by atoms with Gasteiger partial charge in [-0.1, -0.05) is 36.6 Å². The molecule has 13 heavy (non-hydrogen) atoms. The molecule has 1 heteroatoms. The summed E-state index contributed by atoms with van der Waals surface area (Å²) in [5.74, 6) is 0. The lowest BCUT2D eigenvalue weighted by molar-refractivity contribution is 0.341. The highest BCUT2D eigenvalue weighted by molar-refractivity contribution is 5.03.